The number of fused-ring (bicyclic) bond motifs is 2. The maximum atomic E-state index is 14.9. The fourth-order valence-corrected chi connectivity index (χ4v) is 8.67. The summed E-state index contributed by atoms with van der Waals surface area (Å²) in [7, 11) is 3.41. The fraction of sp³-hybridized carbons (Fsp3) is 0.553. The van der Waals surface area contributed by atoms with Crippen LogP contribution >= 0.6 is 11.3 Å². The lowest BCUT2D eigenvalue weighted by molar-refractivity contribution is 0.0394. The molecule has 3 fully saturated rings. The molecular weight excluding hydrogens is 658 g/mol. The zero-order valence-corrected chi connectivity index (χ0v) is 30.7. The number of halogens is 1. The second kappa shape index (κ2) is 13.7. The molecule has 268 valence electrons. The first-order valence-corrected chi connectivity index (χ1v) is 18.5. The number of nitrogens with zero attached hydrogens (tertiary/aromatic N) is 4. The number of hydrogen-bond donors (Lipinski definition) is 1. The van der Waals surface area contributed by atoms with E-state index in [0.717, 1.165) is 75.5 Å². The molecule has 2 atom stereocenters. The second-order valence-corrected chi connectivity index (χ2v) is 16.1. The van der Waals surface area contributed by atoms with Crippen LogP contribution in [0.3, 0.4) is 0 Å². The predicted molar refractivity (Wildman–Crippen MR) is 195 cm³/mol. The van der Waals surface area contributed by atoms with Crippen LogP contribution in [0, 0.1) is 12.8 Å². The molecule has 50 heavy (non-hydrogen) atoms. The first-order chi connectivity index (χ1) is 23.9. The quantitative estimate of drug-likeness (QED) is 0.205. The third kappa shape index (κ3) is 7.14. The number of aryl methyl sites for hydroxylation is 1. The van der Waals surface area contributed by atoms with Crippen molar-refractivity contribution >= 4 is 50.3 Å². The third-order valence-electron chi connectivity index (χ3n) is 10.1. The Morgan fingerprint density at radius 1 is 1.06 bits per heavy atom. The van der Waals surface area contributed by atoms with Crippen LogP contribution in [0.2, 0.25) is 0 Å². The summed E-state index contributed by atoms with van der Waals surface area (Å²) in [6.07, 6.45) is 2.97. The Labute approximate surface area is 296 Å². The molecule has 2 aliphatic heterocycles. The number of amides is 2. The molecule has 3 aliphatic rings. The van der Waals surface area contributed by atoms with E-state index in [0.29, 0.717) is 23.3 Å². The molecule has 10 nitrogen and oxygen atoms in total. The van der Waals surface area contributed by atoms with Gasteiger partial charge >= 0.3 is 6.09 Å². The maximum absolute atomic E-state index is 14.9. The lowest BCUT2D eigenvalue weighted by atomic mass is 10.0. The molecule has 1 aliphatic carbocycles. The van der Waals surface area contributed by atoms with E-state index in [-0.39, 0.29) is 25.4 Å². The van der Waals surface area contributed by atoms with Gasteiger partial charge in [0.1, 0.15) is 29.0 Å². The van der Waals surface area contributed by atoms with Gasteiger partial charge in [0.15, 0.2) is 0 Å². The summed E-state index contributed by atoms with van der Waals surface area (Å²) >= 11 is 1.64. The minimum Gasteiger partial charge on any atom is -0.496 e. The highest BCUT2D eigenvalue weighted by atomic mass is 32.1. The third-order valence-corrected chi connectivity index (χ3v) is 11.3. The molecule has 3 aromatic heterocycles. The Bertz CT molecular complexity index is 1900. The number of carbonyl (C=O) groups is 2. The van der Waals surface area contributed by atoms with Crippen molar-refractivity contribution in [2.75, 3.05) is 45.3 Å². The molecular formula is C38H48FN5O5S. The van der Waals surface area contributed by atoms with Crippen molar-refractivity contribution in [3.63, 3.8) is 0 Å². The van der Waals surface area contributed by atoms with Crippen molar-refractivity contribution in [1.82, 2.24) is 19.8 Å². The molecule has 1 N–H and O–H groups in total. The minimum absolute atomic E-state index is 0.0406. The predicted octanol–water partition coefficient (Wildman–Crippen LogP) is 7.34. The number of likely N-dealkylation sites (tertiary alicyclic amines) is 1. The van der Waals surface area contributed by atoms with Gasteiger partial charge < -0.3 is 33.9 Å². The maximum Gasteiger partial charge on any atom is 0.407 e. The van der Waals surface area contributed by atoms with Gasteiger partial charge in [0.25, 0.3) is 5.91 Å². The summed E-state index contributed by atoms with van der Waals surface area (Å²) in [6, 6.07) is 9.66. The molecule has 0 spiro atoms. The van der Waals surface area contributed by atoms with Crippen molar-refractivity contribution in [1.29, 1.82) is 0 Å². The highest BCUT2D eigenvalue weighted by Gasteiger charge is 2.33. The molecule has 5 heterocycles. The summed E-state index contributed by atoms with van der Waals surface area (Å²) in [5.41, 5.74) is 2.95. The van der Waals surface area contributed by atoms with Crippen LogP contribution in [-0.4, -0.2) is 90.8 Å². The van der Waals surface area contributed by atoms with E-state index in [1.54, 1.807) is 52.4 Å². The molecule has 7 rings (SSSR count). The van der Waals surface area contributed by atoms with Crippen LogP contribution in [0.4, 0.5) is 15.0 Å². The van der Waals surface area contributed by atoms with E-state index >= 15 is 0 Å². The molecule has 0 radical (unpaired) electrons. The first kappa shape index (κ1) is 34.5. The Morgan fingerprint density at radius 2 is 1.82 bits per heavy atom. The molecule has 0 unspecified atom stereocenters. The Balaban J connectivity index is 1.20. The normalized spacial score (nSPS) is 20.5. The summed E-state index contributed by atoms with van der Waals surface area (Å²) in [4.78, 5) is 36.5. The van der Waals surface area contributed by atoms with Gasteiger partial charge in [-0.1, -0.05) is 0 Å². The number of rotatable bonds is 8. The van der Waals surface area contributed by atoms with Crippen LogP contribution in [-0.2, 0) is 16.0 Å². The number of pyridine rings is 1. The number of aromatic nitrogens is 2. The standard InChI is InChI=1S/C38H48FN5O5S/c1-22-33-30(48-6)16-25(36(45)43-20-26(39)18-27(21-43)40-37(46)49-38(2,3)4)17-31(33)50-34(22)29-15-24-9-10-32(42-13-11-28(47-5)12-14-42)41-35(24)44(29)19-23-7-8-23/h9-10,15-17,23,26-28H,7-8,11-14,18-21H2,1-6H3,(H,40,46)/t26-,27-/m1/s1. The van der Waals surface area contributed by atoms with Gasteiger partial charge in [0, 0.05) is 60.7 Å². The molecule has 4 aromatic rings. The average Bonchev–Trinajstić information content (AvgIpc) is 3.75. The molecule has 2 amide bonds. The number of alkyl carbamates (subject to hydrolysis) is 1. The number of alkyl halides is 1. The number of methoxy groups -OCH3 is 2. The number of piperidine rings is 2. The summed E-state index contributed by atoms with van der Waals surface area (Å²) in [5.74, 6) is 1.94. The number of ether oxygens (including phenoxy) is 3. The van der Waals surface area contributed by atoms with Gasteiger partial charge in [0.05, 0.1) is 36.4 Å². The van der Waals surface area contributed by atoms with Gasteiger partial charge in [-0.2, -0.15) is 0 Å². The first-order valence-electron chi connectivity index (χ1n) is 17.7. The molecule has 1 saturated carbocycles. The Morgan fingerprint density at radius 3 is 2.50 bits per heavy atom. The number of anilines is 1. The summed E-state index contributed by atoms with van der Waals surface area (Å²) < 4.78 is 35.1. The zero-order chi connectivity index (χ0) is 35.3. The van der Waals surface area contributed by atoms with Crippen molar-refractivity contribution in [2.24, 2.45) is 5.92 Å². The number of thiophene rings is 1. The lowest BCUT2D eigenvalue weighted by Gasteiger charge is -2.35. The van der Waals surface area contributed by atoms with Gasteiger partial charge in [0.2, 0.25) is 0 Å². The molecule has 1 aromatic carbocycles. The second-order valence-electron chi connectivity index (χ2n) is 15.1. The van der Waals surface area contributed by atoms with Crippen LogP contribution in [0.25, 0.3) is 31.7 Å². The van der Waals surface area contributed by atoms with Crippen LogP contribution in [0.1, 0.15) is 68.8 Å². The van der Waals surface area contributed by atoms with E-state index in [9.17, 15) is 14.0 Å². The van der Waals surface area contributed by atoms with E-state index in [1.807, 2.05) is 6.07 Å². The lowest BCUT2D eigenvalue weighted by Crippen LogP contribution is -2.54. The Hall–Kier alpha value is -3.90. The van der Waals surface area contributed by atoms with Gasteiger partial charge in [-0.25, -0.2) is 14.2 Å². The van der Waals surface area contributed by atoms with Crippen molar-refractivity contribution < 1.29 is 28.2 Å². The van der Waals surface area contributed by atoms with E-state index in [4.69, 9.17) is 19.2 Å². The monoisotopic (exact) mass is 705 g/mol. The van der Waals surface area contributed by atoms with Gasteiger partial charge in [-0.15, -0.1) is 11.3 Å². The topological polar surface area (TPSA) is 98.2 Å². The minimum atomic E-state index is -1.27. The van der Waals surface area contributed by atoms with Crippen molar-refractivity contribution in [3.05, 3.63) is 41.5 Å². The van der Waals surface area contributed by atoms with Crippen molar-refractivity contribution in [2.45, 2.75) is 90.3 Å². The largest absolute Gasteiger partial charge is 0.496 e. The summed E-state index contributed by atoms with van der Waals surface area (Å²) in [5, 5.41) is 4.82. The fourth-order valence-electron chi connectivity index (χ4n) is 7.38. The number of hydrogen-bond acceptors (Lipinski definition) is 8. The van der Waals surface area contributed by atoms with Crippen LogP contribution < -0.4 is 15.0 Å². The zero-order valence-electron chi connectivity index (χ0n) is 29.9. The van der Waals surface area contributed by atoms with Gasteiger partial charge in [-0.05, 0) is 95.2 Å². The number of nitrogens with one attached hydrogen (secondary N) is 1. The highest BCUT2D eigenvalue weighted by Crippen LogP contribution is 2.45. The van der Waals surface area contributed by atoms with E-state index in [2.05, 4.69) is 39.9 Å². The molecule has 0 bridgehead atoms. The molecule has 2 saturated heterocycles. The van der Waals surface area contributed by atoms with Crippen molar-refractivity contribution in [3.8, 4) is 16.3 Å². The van der Waals surface area contributed by atoms with Gasteiger partial charge in [-0.3, -0.25) is 4.79 Å². The smallest absolute Gasteiger partial charge is 0.407 e. The molecule has 12 heteroatoms. The van der Waals surface area contributed by atoms with E-state index in [1.165, 1.54) is 17.7 Å². The average molecular weight is 706 g/mol. The SMILES string of the molecule is COc1cc(C(=O)N2C[C@H](F)C[C@@H](NC(=O)OC(C)(C)C)C2)cc2sc(-c3cc4ccc(N5CCC(OC)CC5)nc4n3CC3CC3)c(C)c12. The Kier molecular flexibility index (Phi) is 9.44. The highest BCUT2D eigenvalue weighted by molar-refractivity contribution is 7.22. The number of carbonyl (C=O) groups excluding carboxylic acids is 2. The van der Waals surface area contributed by atoms with Crippen LogP contribution in [0.5, 0.6) is 5.75 Å². The van der Waals surface area contributed by atoms with Crippen LogP contribution in [0.15, 0.2) is 30.3 Å². The number of benzene rings is 1. The van der Waals surface area contributed by atoms with E-state index < -0.39 is 23.9 Å². The summed E-state index contributed by atoms with van der Waals surface area (Å²) in [6.45, 7) is 10.3.